The average molecular weight is 350 g/mol. The van der Waals surface area contributed by atoms with Crippen LogP contribution in [0.1, 0.15) is 23.0 Å². The molecule has 0 saturated heterocycles. The highest BCUT2D eigenvalue weighted by Gasteiger charge is 2.21. The largest absolute Gasteiger partial charge is 0.448 e. The number of nitrogens with one attached hydrogen (secondary N) is 1. The van der Waals surface area contributed by atoms with Crippen molar-refractivity contribution in [2.75, 3.05) is 5.32 Å². The first-order valence-electron chi connectivity index (χ1n) is 8.09. The zero-order valence-corrected chi connectivity index (χ0v) is 14.4. The van der Waals surface area contributed by atoms with Gasteiger partial charge in [0.1, 0.15) is 0 Å². The van der Waals surface area contributed by atoms with Crippen LogP contribution in [0.25, 0.3) is 5.69 Å². The summed E-state index contributed by atoms with van der Waals surface area (Å²) in [5.74, 6) is -1.13. The van der Waals surface area contributed by atoms with E-state index >= 15 is 0 Å². The molecule has 1 atom stereocenters. The second-order valence-electron chi connectivity index (χ2n) is 5.79. The molecule has 1 amide bonds. The minimum atomic E-state index is -0.966. The number of nitrogens with zero attached hydrogens (tertiary/aromatic N) is 3. The number of hydrogen-bond donors (Lipinski definition) is 1. The summed E-state index contributed by atoms with van der Waals surface area (Å²) in [6.45, 7) is 3.48. The number of anilines is 1. The summed E-state index contributed by atoms with van der Waals surface area (Å²) in [7, 11) is 0. The molecule has 3 rings (SSSR count). The van der Waals surface area contributed by atoms with Crippen LogP contribution in [-0.2, 0) is 9.53 Å². The maximum absolute atomic E-state index is 12.2. The van der Waals surface area contributed by atoms with Gasteiger partial charge in [-0.05, 0) is 38.1 Å². The van der Waals surface area contributed by atoms with Gasteiger partial charge < -0.3 is 10.1 Å². The van der Waals surface area contributed by atoms with E-state index < -0.39 is 18.0 Å². The van der Waals surface area contributed by atoms with Crippen molar-refractivity contribution in [1.29, 1.82) is 0 Å². The van der Waals surface area contributed by atoms with Gasteiger partial charge in [0.15, 0.2) is 11.8 Å². The summed E-state index contributed by atoms with van der Waals surface area (Å²) < 4.78 is 6.65. The summed E-state index contributed by atoms with van der Waals surface area (Å²) in [5, 5.41) is 10.4. The molecule has 0 radical (unpaired) electrons. The van der Waals surface area contributed by atoms with Crippen LogP contribution in [-0.4, -0.2) is 33.0 Å². The summed E-state index contributed by atoms with van der Waals surface area (Å²) in [6, 6.07) is 16.6. The summed E-state index contributed by atoms with van der Waals surface area (Å²) in [4.78, 5) is 24.3. The minimum Gasteiger partial charge on any atom is -0.448 e. The third kappa shape index (κ3) is 4.13. The van der Waals surface area contributed by atoms with Crippen LogP contribution < -0.4 is 5.32 Å². The van der Waals surface area contributed by atoms with Crippen LogP contribution in [0.5, 0.6) is 0 Å². The molecule has 0 aliphatic rings. The lowest BCUT2D eigenvalue weighted by Crippen LogP contribution is -2.30. The van der Waals surface area contributed by atoms with E-state index in [9.17, 15) is 9.59 Å². The quantitative estimate of drug-likeness (QED) is 0.715. The first kappa shape index (κ1) is 17.3. The molecule has 0 aliphatic heterocycles. The van der Waals surface area contributed by atoms with E-state index in [2.05, 4.69) is 15.6 Å². The SMILES string of the molecule is Cc1ccc(-n2cc(C(=O)OC(C)C(=O)Nc3ccccc3)nn2)cc1. The molecule has 7 nitrogen and oxygen atoms in total. The van der Waals surface area contributed by atoms with Crippen LogP contribution >= 0.6 is 0 Å². The summed E-state index contributed by atoms with van der Waals surface area (Å²) in [6.07, 6.45) is 0.502. The van der Waals surface area contributed by atoms with Gasteiger partial charge in [-0.1, -0.05) is 41.1 Å². The van der Waals surface area contributed by atoms with E-state index in [1.54, 1.807) is 24.3 Å². The molecular formula is C19H18N4O3. The van der Waals surface area contributed by atoms with Crippen molar-refractivity contribution in [3.05, 3.63) is 72.1 Å². The number of aromatic nitrogens is 3. The highest BCUT2D eigenvalue weighted by Crippen LogP contribution is 2.10. The van der Waals surface area contributed by atoms with Gasteiger partial charge in [-0.2, -0.15) is 0 Å². The maximum atomic E-state index is 12.2. The van der Waals surface area contributed by atoms with Crippen LogP contribution in [0.2, 0.25) is 0 Å². The molecule has 1 heterocycles. The van der Waals surface area contributed by atoms with Crippen molar-refractivity contribution in [2.24, 2.45) is 0 Å². The van der Waals surface area contributed by atoms with Crippen molar-refractivity contribution >= 4 is 17.6 Å². The third-order valence-corrected chi connectivity index (χ3v) is 3.70. The van der Waals surface area contributed by atoms with Crippen LogP contribution in [0.15, 0.2) is 60.8 Å². The van der Waals surface area contributed by atoms with Crippen molar-refractivity contribution in [1.82, 2.24) is 15.0 Å². The lowest BCUT2D eigenvalue weighted by atomic mass is 10.2. The lowest BCUT2D eigenvalue weighted by Gasteiger charge is -2.12. The second kappa shape index (κ2) is 7.60. The van der Waals surface area contributed by atoms with Crippen molar-refractivity contribution < 1.29 is 14.3 Å². The van der Waals surface area contributed by atoms with Gasteiger partial charge in [0.2, 0.25) is 0 Å². The highest BCUT2D eigenvalue weighted by atomic mass is 16.5. The van der Waals surface area contributed by atoms with Gasteiger partial charge in [-0.3, -0.25) is 4.79 Å². The minimum absolute atomic E-state index is 0.0323. The molecule has 3 aromatic rings. The number of carbonyl (C=O) groups excluding carboxylic acids is 2. The molecule has 2 aromatic carbocycles. The topological polar surface area (TPSA) is 86.1 Å². The standard InChI is InChI=1S/C19H18N4O3/c1-13-8-10-16(11-9-13)23-12-17(21-22-23)19(25)26-14(2)18(24)20-15-6-4-3-5-7-15/h3-12,14H,1-2H3,(H,20,24). The number of benzene rings is 2. The van der Waals surface area contributed by atoms with Gasteiger partial charge in [-0.25, -0.2) is 9.48 Å². The Kier molecular flexibility index (Phi) is 5.07. The van der Waals surface area contributed by atoms with Gasteiger partial charge in [0, 0.05) is 5.69 Å². The van der Waals surface area contributed by atoms with Crippen molar-refractivity contribution in [2.45, 2.75) is 20.0 Å². The Morgan fingerprint density at radius 1 is 1.08 bits per heavy atom. The number of esters is 1. The number of aryl methyl sites for hydroxylation is 1. The van der Waals surface area contributed by atoms with Crippen LogP contribution in [0, 0.1) is 6.92 Å². The molecule has 7 heteroatoms. The molecule has 0 aliphatic carbocycles. The van der Waals surface area contributed by atoms with E-state index in [-0.39, 0.29) is 5.69 Å². The summed E-state index contributed by atoms with van der Waals surface area (Å²) >= 11 is 0. The Hall–Kier alpha value is -3.48. The number of carbonyl (C=O) groups is 2. The molecule has 0 saturated carbocycles. The predicted octanol–water partition coefficient (Wildman–Crippen LogP) is 2.76. The maximum Gasteiger partial charge on any atom is 0.361 e. The molecule has 0 bridgehead atoms. The van der Waals surface area contributed by atoms with E-state index in [0.717, 1.165) is 11.3 Å². The van der Waals surface area contributed by atoms with Crippen LogP contribution in [0.4, 0.5) is 5.69 Å². The zero-order valence-electron chi connectivity index (χ0n) is 14.4. The Morgan fingerprint density at radius 3 is 2.46 bits per heavy atom. The van der Waals surface area contributed by atoms with E-state index in [1.165, 1.54) is 17.8 Å². The average Bonchev–Trinajstić information content (AvgIpc) is 3.13. The molecular weight excluding hydrogens is 332 g/mol. The van der Waals surface area contributed by atoms with E-state index in [1.807, 2.05) is 37.3 Å². The Morgan fingerprint density at radius 2 is 1.77 bits per heavy atom. The molecule has 0 spiro atoms. The fourth-order valence-electron chi connectivity index (χ4n) is 2.22. The Labute approximate surface area is 150 Å². The fourth-order valence-corrected chi connectivity index (χ4v) is 2.22. The van der Waals surface area contributed by atoms with Gasteiger partial charge >= 0.3 is 5.97 Å². The van der Waals surface area contributed by atoms with Gasteiger partial charge in [-0.15, -0.1) is 5.10 Å². The highest BCUT2D eigenvalue weighted by molar-refractivity contribution is 5.96. The summed E-state index contributed by atoms with van der Waals surface area (Å²) in [5.41, 5.74) is 2.56. The van der Waals surface area contributed by atoms with Gasteiger partial charge in [0.05, 0.1) is 11.9 Å². The van der Waals surface area contributed by atoms with Crippen molar-refractivity contribution in [3.63, 3.8) is 0 Å². The van der Waals surface area contributed by atoms with E-state index in [4.69, 9.17) is 4.74 Å². The molecule has 0 fully saturated rings. The van der Waals surface area contributed by atoms with Gasteiger partial charge in [0.25, 0.3) is 5.91 Å². The number of ether oxygens (including phenoxy) is 1. The Balaban J connectivity index is 1.62. The zero-order chi connectivity index (χ0) is 18.5. The van der Waals surface area contributed by atoms with Crippen LogP contribution in [0.3, 0.4) is 0 Å². The number of hydrogen-bond acceptors (Lipinski definition) is 5. The third-order valence-electron chi connectivity index (χ3n) is 3.70. The normalized spacial score (nSPS) is 11.6. The monoisotopic (exact) mass is 350 g/mol. The number of rotatable bonds is 5. The Bertz CT molecular complexity index is 904. The van der Waals surface area contributed by atoms with Crippen molar-refractivity contribution in [3.8, 4) is 5.69 Å². The smallest absolute Gasteiger partial charge is 0.361 e. The predicted molar refractivity (Wildman–Crippen MR) is 96.0 cm³/mol. The second-order valence-corrected chi connectivity index (χ2v) is 5.79. The molecule has 1 aromatic heterocycles. The molecule has 26 heavy (non-hydrogen) atoms. The number of amides is 1. The van der Waals surface area contributed by atoms with E-state index in [0.29, 0.717) is 5.69 Å². The number of para-hydroxylation sites is 1. The molecule has 132 valence electrons. The molecule has 1 N–H and O–H groups in total. The first-order chi connectivity index (χ1) is 12.5. The first-order valence-corrected chi connectivity index (χ1v) is 8.09. The lowest BCUT2D eigenvalue weighted by molar-refractivity contribution is -0.123. The fraction of sp³-hybridized carbons (Fsp3) is 0.158. The molecule has 1 unspecified atom stereocenters.